The maximum absolute atomic E-state index is 13.1. The van der Waals surface area contributed by atoms with Gasteiger partial charge in [0, 0.05) is 35.8 Å². The molecule has 2 bridgehead atoms. The lowest BCUT2D eigenvalue weighted by Gasteiger charge is -2.32. The van der Waals surface area contributed by atoms with Gasteiger partial charge in [0.25, 0.3) is 11.8 Å². The minimum absolute atomic E-state index is 0.0965. The van der Waals surface area contributed by atoms with Crippen LogP contribution < -0.4 is 11.1 Å². The van der Waals surface area contributed by atoms with Gasteiger partial charge in [0.2, 0.25) is 0 Å². The lowest BCUT2D eigenvalue weighted by molar-refractivity contribution is -0.137. The summed E-state index contributed by atoms with van der Waals surface area (Å²) in [4.78, 5) is 41.1. The molecular formula is C30H26F3N7O2. The van der Waals surface area contributed by atoms with E-state index in [2.05, 4.69) is 27.1 Å². The SMILES string of the molecule is CC#CC(=O)N1C2CCC1(c1nc(-c3ccc(C(=O)Nc4cc(C(F)(F)F)ccn4)cc3C)c3c(N)nccn13)CC2. The van der Waals surface area contributed by atoms with Crippen molar-refractivity contribution >= 4 is 29.0 Å². The number of anilines is 2. The molecule has 3 N–H and O–H groups in total. The second kappa shape index (κ2) is 9.87. The first-order valence-corrected chi connectivity index (χ1v) is 13.4. The second-order valence-electron chi connectivity index (χ2n) is 10.5. The number of carbonyl (C=O) groups is 2. The molecule has 0 unspecified atom stereocenters. The number of carbonyl (C=O) groups excluding carboxylic acids is 2. The Kier molecular flexibility index (Phi) is 6.40. The molecule has 2 aliphatic heterocycles. The van der Waals surface area contributed by atoms with Crippen LogP contribution in [0.15, 0.2) is 48.9 Å². The van der Waals surface area contributed by atoms with Crippen molar-refractivity contribution in [2.75, 3.05) is 11.1 Å². The van der Waals surface area contributed by atoms with Crippen LogP contribution in [-0.2, 0) is 16.5 Å². The van der Waals surface area contributed by atoms with Crippen molar-refractivity contribution in [3.05, 3.63) is 71.4 Å². The van der Waals surface area contributed by atoms with Gasteiger partial charge in [0.05, 0.1) is 5.56 Å². The molecule has 2 aliphatic rings. The molecule has 1 aromatic carbocycles. The lowest BCUT2D eigenvalue weighted by Crippen LogP contribution is -2.43. The van der Waals surface area contributed by atoms with Gasteiger partial charge in [-0.1, -0.05) is 12.0 Å². The lowest BCUT2D eigenvalue weighted by atomic mass is 9.87. The standard InChI is InChI=1S/C30H26F3N7O2/c1-3-4-23(41)40-20-7-10-29(40,11-8-20)28-38-24(25-26(34)36-13-14-39(25)28)21-6-5-18(15-17(21)2)27(42)37-22-16-19(9-12-35-22)30(31,32)33/h5-6,9,12-16,20H,7-8,10-11H2,1-2H3,(H2,34,36)(H,35,37,42). The highest BCUT2D eigenvalue weighted by Gasteiger charge is 2.57. The van der Waals surface area contributed by atoms with Gasteiger partial charge in [0.1, 0.15) is 34.2 Å². The summed E-state index contributed by atoms with van der Waals surface area (Å²) in [5, 5.41) is 2.43. The van der Waals surface area contributed by atoms with E-state index >= 15 is 0 Å². The molecule has 2 fully saturated rings. The minimum Gasteiger partial charge on any atom is -0.382 e. The van der Waals surface area contributed by atoms with Gasteiger partial charge in [-0.2, -0.15) is 13.2 Å². The summed E-state index contributed by atoms with van der Waals surface area (Å²) in [7, 11) is 0. The average Bonchev–Trinajstić information content (AvgIpc) is 3.64. The van der Waals surface area contributed by atoms with Crippen LogP contribution in [0, 0.1) is 18.8 Å². The number of aromatic nitrogens is 4. The van der Waals surface area contributed by atoms with Gasteiger partial charge in [-0.05, 0) is 75.3 Å². The van der Waals surface area contributed by atoms with Gasteiger partial charge in [-0.25, -0.2) is 15.0 Å². The van der Waals surface area contributed by atoms with E-state index in [0.29, 0.717) is 28.2 Å². The molecule has 3 aromatic heterocycles. The highest BCUT2D eigenvalue weighted by Crippen LogP contribution is 2.53. The highest BCUT2D eigenvalue weighted by molar-refractivity contribution is 6.04. The molecule has 4 aromatic rings. The van der Waals surface area contributed by atoms with Crippen LogP contribution in [-0.4, -0.2) is 42.1 Å². The van der Waals surface area contributed by atoms with Crippen molar-refractivity contribution in [1.82, 2.24) is 24.3 Å². The first-order valence-electron chi connectivity index (χ1n) is 13.4. The third-order valence-electron chi connectivity index (χ3n) is 8.13. The molecule has 0 atom stereocenters. The van der Waals surface area contributed by atoms with Crippen molar-refractivity contribution < 1.29 is 22.8 Å². The highest BCUT2D eigenvalue weighted by atomic mass is 19.4. The predicted octanol–water partition coefficient (Wildman–Crippen LogP) is 4.96. The maximum atomic E-state index is 13.1. The number of nitrogens with zero attached hydrogens (tertiary/aromatic N) is 5. The number of nitrogens with one attached hydrogen (secondary N) is 1. The van der Waals surface area contributed by atoms with E-state index in [1.807, 2.05) is 9.30 Å². The molecule has 0 radical (unpaired) electrons. The fourth-order valence-electron chi connectivity index (χ4n) is 6.30. The predicted molar refractivity (Wildman–Crippen MR) is 149 cm³/mol. The van der Waals surface area contributed by atoms with Gasteiger partial charge in [-0.15, -0.1) is 0 Å². The molecule has 2 amide bonds. The number of fused-ring (bicyclic) bond motifs is 3. The Labute approximate surface area is 239 Å². The minimum atomic E-state index is -4.56. The number of benzene rings is 1. The number of halogens is 3. The van der Waals surface area contributed by atoms with E-state index < -0.39 is 23.2 Å². The molecule has 214 valence electrons. The van der Waals surface area contributed by atoms with Gasteiger partial charge in [-0.3, -0.25) is 14.0 Å². The van der Waals surface area contributed by atoms with Crippen LogP contribution in [0.5, 0.6) is 0 Å². The molecule has 12 heteroatoms. The summed E-state index contributed by atoms with van der Waals surface area (Å²) in [5.74, 6) is 5.32. The number of imidazole rings is 1. The number of aryl methyl sites for hydroxylation is 1. The van der Waals surface area contributed by atoms with E-state index in [0.717, 1.165) is 44.0 Å². The number of nitrogen functional groups attached to an aromatic ring is 1. The van der Waals surface area contributed by atoms with Crippen molar-refractivity contribution in [2.45, 2.75) is 57.3 Å². The van der Waals surface area contributed by atoms with E-state index in [9.17, 15) is 22.8 Å². The molecular weight excluding hydrogens is 547 g/mol. The number of nitrogens with two attached hydrogens (primary N) is 1. The van der Waals surface area contributed by atoms with Crippen LogP contribution in [0.4, 0.5) is 24.8 Å². The summed E-state index contributed by atoms with van der Waals surface area (Å²) in [6.07, 6.45) is 3.01. The van der Waals surface area contributed by atoms with E-state index in [4.69, 9.17) is 10.7 Å². The largest absolute Gasteiger partial charge is 0.416 e. The summed E-state index contributed by atoms with van der Waals surface area (Å²) < 4.78 is 41.1. The van der Waals surface area contributed by atoms with Crippen LogP contribution in [0.3, 0.4) is 0 Å². The zero-order valence-corrected chi connectivity index (χ0v) is 22.8. The second-order valence-corrected chi connectivity index (χ2v) is 10.5. The van der Waals surface area contributed by atoms with Gasteiger partial charge >= 0.3 is 6.18 Å². The fourth-order valence-corrected chi connectivity index (χ4v) is 6.30. The van der Waals surface area contributed by atoms with Crippen molar-refractivity contribution in [3.63, 3.8) is 0 Å². The normalized spacial score (nSPS) is 19.5. The molecule has 2 saturated heterocycles. The monoisotopic (exact) mass is 573 g/mol. The Morgan fingerprint density at radius 2 is 1.88 bits per heavy atom. The Morgan fingerprint density at radius 3 is 2.57 bits per heavy atom. The zero-order valence-electron chi connectivity index (χ0n) is 22.8. The number of hydrogen-bond donors (Lipinski definition) is 2. The van der Waals surface area contributed by atoms with Crippen LogP contribution in [0.1, 0.15) is 59.9 Å². The van der Waals surface area contributed by atoms with Gasteiger partial charge < -0.3 is 16.0 Å². The smallest absolute Gasteiger partial charge is 0.382 e. The number of pyridine rings is 1. The average molecular weight is 574 g/mol. The topological polar surface area (TPSA) is 119 Å². The zero-order chi connectivity index (χ0) is 29.8. The summed E-state index contributed by atoms with van der Waals surface area (Å²) >= 11 is 0. The Morgan fingerprint density at radius 1 is 1.12 bits per heavy atom. The summed E-state index contributed by atoms with van der Waals surface area (Å²) in [5.41, 5.74) is 7.58. The van der Waals surface area contributed by atoms with Crippen molar-refractivity contribution in [3.8, 4) is 23.1 Å². The first-order chi connectivity index (χ1) is 20.0. The van der Waals surface area contributed by atoms with Crippen molar-refractivity contribution in [1.29, 1.82) is 0 Å². The van der Waals surface area contributed by atoms with Crippen molar-refractivity contribution in [2.24, 2.45) is 0 Å². The molecule has 0 aliphatic carbocycles. The number of alkyl halides is 3. The Balaban J connectivity index is 1.39. The van der Waals surface area contributed by atoms with E-state index in [1.165, 1.54) is 0 Å². The molecule has 9 nitrogen and oxygen atoms in total. The number of hydrogen-bond acceptors (Lipinski definition) is 6. The molecule has 0 saturated carbocycles. The fraction of sp³-hybridized carbons (Fsp3) is 0.300. The van der Waals surface area contributed by atoms with Crippen LogP contribution >= 0.6 is 0 Å². The summed E-state index contributed by atoms with van der Waals surface area (Å²) in [6, 6.07) is 6.62. The first kappa shape index (κ1) is 27.3. The van der Waals surface area contributed by atoms with Crippen LogP contribution in [0.25, 0.3) is 16.8 Å². The summed E-state index contributed by atoms with van der Waals surface area (Å²) in [6.45, 7) is 3.44. The maximum Gasteiger partial charge on any atom is 0.416 e. The van der Waals surface area contributed by atoms with Gasteiger partial charge in [0.15, 0.2) is 0 Å². The quantitative estimate of drug-likeness (QED) is 0.334. The Bertz CT molecular complexity index is 1810. The molecule has 6 rings (SSSR count). The molecule has 42 heavy (non-hydrogen) atoms. The number of rotatable bonds is 4. The Hall–Kier alpha value is -4.92. The van der Waals surface area contributed by atoms with E-state index in [-0.39, 0.29) is 29.1 Å². The third-order valence-corrected chi connectivity index (χ3v) is 8.13. The number of amides is 2. The third kappa shape index (κ3) is 4.32. The van der Waals surface area contributed by atoms with Crippen LogP contribution in [0.2, 0.25) is 0 Å². The van der Waals surface area contributed by atoms with E-state index in [1.54, 1.807) is 44.4 Å². The molecule has 0 spiro atoms. The molecule has 5 heterocycles.